The first-order chi connectivity index (χ1) is 9.29. The molecule has 0 atom stereocenters. The van der Waals surface area contributed by atoms with Gasteiger partial charge in [-0.1, -0.05) is 0 Å². The van der Waals surface area contributed by atoms with E-state index in [-0.39, 0.29) is 24.0 Å². The predicted octanol–water partition coefficient (Wildman–Crippen LogP) is 1.28. The standard InChI is InChI=1S/C12H18N6O.HI/c1-3-13-12(14-7-10-5-4-6-19-10)15-8-11-17-16-9-18(11)2;/h4-6,9H,3,7-8H2,1-2H3,(H2,13,14,15);1H. The molecular formula is C12H19IN6O. The Balaban J connectivity index is 0.00000200. The van der Waals surface area contributed by atoms with E-state index in [1.165, 1.54) is 0 Å². The van der Waals surface area contributed by atoms with Crippen molar-refractivity contribution in [3.63, 3.8) is 0 Å². The van der Waals surface area contributed by atoms with E-state index in [1.807, 2.05) is 30.7 Å². The summed E-state index contributed by atoms with van der Waals surface area (Å²) in [5.74, 6) is 2.40. The second-order valence-electron chi connectivity index (χ2n) is 3.99. The minimum absolute atomic E-state index is 0. The Hall–Kier alpha value is -1.58. The van der Waals surface area contributed by atoms with Gasteiger partial charge in [-0.3, -0.25) is 0 Å². The summed E-state index contributed by atoms with van der Waals surface area (Å²) in [6, 6.07) is 3.78. The van der Waals surface area contributed by atoms with Gasteiger partial charge in [0.25, 0.3) is 0 Å². The molecule has 0 unspecified atom stereocenters. The average molecular weight is 390 g/mol. The van der Waals surface area contributed by atoms with Gasteiger partial charge < -0.3 is 19.6 Å². The van der Waals surface area contributed by atoms with Crippen molar-refractivity contribution in [3.8, 4) is 0 Å². The van der Waals surface area contributed by atoms with E-state index in [2.05, 4.69) is 25.8 Å². The summed E-state index contributed by atoms with van der Waals surface area (Å²) in [5, 5.41) is 14.2. The highest BCUT2D eigenvalue weighted by atomic mass is 127. The molecule has 2 heterocycles. The van der Waals surface area contributed by atoms with Crippen LogP contribution >= 0.6 is 24.0 Å². The Morgan fingerprint density at radius 1 is 1.45 bits per heavy atom. The molecule has 0 bridgehead atoms. The number of aliphatic imine (C=N–C) groups is 1. The van der Waals surface area contributed by atoms with Crippen molar-refractivity contribution in [1.82, 2.24) is 25.4 Å². The monoisotopic (exact) mass is 390 g/mol. The van der Waals surface area contributed by atoms with Crippen LogP contribution in [-0.4, -0.2) is 27.3 Å². The molecule has 0 amide bonds. The summed E-state index contributed by atoms with van der Waals surface area (Å²) < 4.78 is 7.11. The Morgan fingerprint density at radius 2 is 2.30 bits per heavy atom. The van der Waals surface area contributed by atoms with Crippen LogP contribution in [-0.2, 0) is 20.1 Å². The highest BCUT2D eigenvalue weighted by molar-refractivity contribution is 14.0. The number of aromatic nitrogens is 3. The maximum absolute atomic E-state index is 5.26. The largest absolute Gasteiger partial charge is 0.467 e. The van der Waals surface area contributed by atoms with Crippen molar-refractivity contribution in [2.24, 2.45) is 12.0 Å². The molecule has 7 nitrogen and oxygen atoms in total. The number of hydrogen-bond acceptors (Lipinski definition) is 4. The van der Waals surface area contributed by atoms with Gasteiger partial charge in [-0.25, -0.2) is 4.99 Å². The summed E-state index contributed by atoms with van der Waals surface area (Å²) in [5.41, 5.74) is 0. The zero-order chi connectivity index (χ0) is 13.5. The minimum Gasteiger partial charge on any atom is -0.467 e. The van der Waals surface area contributed by atoms with Gasteiger partial charge in [0.15, 0.2) is 11.8 Å². The molecule has 0 saturated heterocycles. The van der Waals surface area contributed by atoms with Crippen LogP contribution in [0.1, 0.15) is 18.5 Å². The molecule has 2 N–H and O–H groups in total. The maximum Gasteiger partial charge on any atom is 0.192 e. The fraction of sp³-hybridized carbons (Fsp3) is 0.417. The van der Waals surface area contributed by atoms with E-state index < -0.39 is 0 Å². The van der Waals surface area contributed by atoms with Crippen LogP contribution in [0.5, 0.6) is 0 Å². The lowest BCUT2D eigenvalue weighted by Crippen LogP contribution is -2.36. The minimum atomic E-state index is 0. The number of furan rings is 1. The number of guanidine groups is 1. The van der Waals surface area contributed by atoms with Gasteiger partial charge in [-0.05, 0) is 19.1 Å². The number of hydrogen-bond donors (Lipinski definition) is 2. The van der Waals surface area contributed by atoms with Crippen LogP contribution in [0.2, 0.25) is 0 Å². The molecule has 2 aromatic rings. The number of nitrogens with zero attached hydrogens (tertiary/aromatic N) is 4. The molecule has 0 aromatic carbocycles. The van der Waals surface area contributed by atoms with Gasteiger partial charge in [-0.2, -0.15) is 0 Å². The van der Waals surface area contributed by atoms with Gasteiger partial charge in [-0.15, -0.1) is 34.2 Å². The van der Waals surface area contributed by atoms with E-state index in [0.717, 1.165) is 24.1 Å². The normalized spacial score (nSPS) is 11.0. The third-order valence-corrected chi connectivity index (χ3v) is 2.54. The van der Waals surface area contributed by atoms with E-state index >= 15 is 0 Å². The summed E-state index contributed by atoms with van der Waals surface area (Å²) >= 11 is 0. The Kier molecular flexibility index (Phi) is 7.05. The quantitative estimate of drug-likeness (QED) is 0.457. The molecule has 0 aliphatic rings. The van der Waals surface area contributed by atoms with Crippen molar-refractivity contribution in [1.29, 1.82) is 0 Å². The van der Waals surface area contributed by atoms with E-state index in [9.17, 15) is 0 Å². The van der Waals surface area contributed by atoms with Crippen molar-refractivity contribution in [2.45, 2.75) is 20.0 Å². The van der Waals surface area contributed by atoms with Crippen molar-refractivity contribution < 1.29 is 4.42 Å². The first-order valence-electron chi connectivity index (χ1n) is 6.17. The van der Waals surface area contributed by atoms with Crippen molar-refractivity contribution in [3.05, 3.63) is 36.3 Å². The van der Waals surface area contributed by atoms with Crippen molar-refractivity contribution in [2.75, 3.05) is 6.54 Å². The van der Waals surface area contributed by atoms with Crippen LogP contribution in [0.15, 0.2) is 34.1 Å². The molecule has 0 aliphatic heterocycles. The van der Waals surface area contributed by atoms with Gasteiger partial charge in [0, 0.05) is 13.6 Å². The van der Waals surface area contributed by atoms with E-state index in [4.69, 9.17) is 4.42 Å². The highest BCUT2D eigenvalue weighted by Crippen LogP contribution is 1.99. The third kappa shape index (κ3) is 4.83. The number of rotatable bonds is 5. The lowest BCUT2D eigenvalue weighted by atomic mass is 10.4. The molecule has 0 spiro atoms. The molecule has 2 aromatic heterocycles. The molecule has 110 valence electrons. The van der Waals surface area contributed by atoms with Gasteiger partial charge in [0.05, 0.1) is 12.8 Å². The molecule has 0 fully saturated rings. The third-order valence-electron chi connectivity index (χ3n) is 2.54. The fourth-order valence-electron chi connectivity index (χ4n) is 1.53. The average Bonchev–Trinajstić information content (AvgIpc) is 3.04. The SMILES string of the molecule is CCNC(=NCc1nncn1C)NCc1ccco1.I. The molecule has 0 saturated carbocycles. The number of nitrogens with one attached hydrogen (secondary N) is 2. The summed E-state index contributed by atoms with van der Waals surface area (Å²) in [6.45, 7) is 3.89. The summed E-state index contributed by atoms with van der Waals surface area (Å²) in [6.07, 6.45) is 3.31. The Labute approximate surface area is 134 Å². The summed E-state index contributed by atoms with van der Waals surface area (Å²) in [4.78, 5) is 4.45. The second kappa shape index (κ2) is 8.56. The van der Waals surface area contributed by atoms with Gasteiger partial charge in [0.2, 0.25) is 0 Å². The summed E-state index contributed by atoms with van der Waals surface area (Å²) in [7, 11) is 1.90. The number of aryl methyl sites for hydroxylation is 1. The maximum atomic E-state index is 5.26. The Morgan fingerprint density at radius 3 is 2.90 bits per heavy atom. The lowest BCUT2D eigenvalue weighted by molar-refractivity contribution is 0.501. The van der Waals surface area contributed by atoms with Crippen LogP contribution in [0, 0.1) is 0 Å². The predicted molar refractivity (Wildman–Crippen MR) is 86.8 cm³/mol. The van der Waals surface area contributed by atoms with Gasteiger partial charge >= 0.3 is 0 Å². The molecule has 0 aliphatic carbocycles. The van der Waals surface area contributed by atoms with Crippen LogP contribution < -0.4 is 10.6 Å². The van der Waals surface area contributed by atoms with E-state index in [0.29, 0.717) is 13.1 Å². The second-order valence-corrected chi connectivity index (χ2v) is 3.99. The molecule has 0 radical (unpaired) electrons. The Bertz CT molecular complexity index is 522. The topological polar surface area (TPSA) is 80.3 Å². The molecular weight excluding hydrogens is 371 g/mol. The first kappa shape index (κ1) is 16.5. The first-order valence-corrected chi connectivity index (χ1v) is 6.17. The van der Waals surface area contributed by atoms with Crippen LogP contribution in [0.4, 0.5) is 0 Å². The van der Waals surface area contributed by atoms with Crippen molar-refractivity contribution >= 4 is 29.9 Å². The van der Waals surface area contributed by atoms with Gasteiger partial charge in [0.1, 0.15) is 18.6 Å². The highest BCUT2D eigenvalue weighted by Gasteiger charge is 2.02. The van der Waals surface area contributed by atoms with Crippen LogP contribution in [0.3, 0.4) is 0 Å². The molecule has 20 heavy (non-hydrogen) atoms. The zero-order valence-electron chi connectivity index (χ0n) is 11.5. The van der Waals surface area contributed by atoms with Crippen LogP contribution in [0.25, 0.3) is 0 Å². The smallest absolute Gasteiger partial charge is 0.192 e. The number of halogens is 1. The fourth-order valence-corrected chi connectivity index (χ4v) is 1.53. The molecule has 2 rings (SSSR count). The van der Waals surface area contributed by atoms with E-state index in [1.54, 1.807) is 12.6 Å². The molecule has 8 heteroatoms. The lowest BCUT2D eigenvalue weighted by Gasteiger charge is -2.09. The zero-order valence-corrected chi connectivity index (χ0v) is 13.9.